The smallest absolute Gasteiger partial charge is 0.319 e. The number of anilines is 1. The molecule has 1 unspecified atom stereocenters. The molecule has 2 heterocycles. The average molecular weight is 499 g/mol. The quantitative estimate of drug-likeness (QED) is 0.383. The first-order valence-corrected chi connectivity index (χ1v) is 12.5. The maximum absolute atomic E-state index is 13.7. The molecule has 0 saturated carbocycles. The fourth-order valence-corrected chi connectivity index (χ4v) is 5.57. The Kier molecular flexibility index (Phi) is 6.05. The van der Waals surface area contributed by atoms with Gasteiger partial charge in [-0.15, -0.1) is 0 Å². The van der Waals surface area contributed by atoms with Crippen LogP contribution < -0.4 is 10.2 Å². The van der Waals surface area contributed by atoms with Crippen molar-refractivity contribution in [3.63, 3.8) is 0 Å². The van der Waals surface area contributed by atoms with Crippen molar-refractivity contribution in [2.75, 3.05) is 11.4 Å². The summed E-state index contributed by atoms with van der Waals surface area (Å²) in [6, 6.07) is 22.1. The summed E-state index contributed by atoms with van der Waals surface area (Å²) in [7, 11) is 0. The molecule has 0 radical (unpaired) electrons. The molecule has 0 bridgehead atoms. The van der Waals surface area contributed by atoms with Crippen LogP contribution in [0, 0.1) is 13.8 Å². The van der Waals surface area contributed by atoms with Gasteiger partial charge in [0, 0.05) is 0 Å². The zero-order chi connectivity index (χ0) is 25.4. The standard InChI is InChI=1S/C28H26N4O3S/c1-18-14-19(2)24-22(15-18)29-27(36-24)31(16-20-10-6-4-7-11-20)23(33)17-32-25(34)28(3,30-26(32)35)21-12-8-5-9-13-21/h4-15H,16-17H2,1-3H3,(H,30,35). The molecule has 0 aliphatic carbocycles. The number of thiazole rings is 1. The van der Waals surface area contributed by atoms with E-state index in [1.54, 1.807) is 24.0 Å². The van der Waals surface area contributed by atoms with E-state index < -0.39 is 17.5 Å². The summed E-state index contributed by atoms with van der Waals surface area (Å²) in [5, 5.41) is 3.30. The molecule has 1 aliphatic rings. The molecule has 1 N–H and O–H groups in total. The molecule has 1 saturated heterocycles. The van der Waals surface area contributed by atoms with Crippen molar-refractivity contribution >= 4 is 44.5 Å². The second kappa shape index (κ2) is 9.20. The predicted octanol–water partition coefficient (Wildman–Crippen LogP) is 4.91. The first-order valence-electron chi connectivity index (χ1n) is 11.7. The largest absolute Gasteiger partial charge is 0.325 e. The van der Waals surface area contributed by atoms with E-state index in [0.29, 0.717) is 10.7 Å². The Morgan fingerprint density at radius 1 is 1.03 bits per heavy atom. The Hall–Kier alpha value is -4.04. The Labute approximate surface area is 213 Å². The predicted molar refractivity (Wildman–Crippen MR) is 141 cm³/mol. The van der Waals surface area contributed by atoms with Gasteiger partial charge in [-0.05, 0) is 49.1 Å². The molecule has 1 fully saturated rings. The lowest BCUT2D eigenvalue weighted by atomic mass is 9.92. The van der Waals surface area contributed by atoms with Gasteiger partial charge in [0.1, 0.15) is 12.1 Å². The number of imide groups is 1. The summed E-state index contributed by atoms with van der Waals surface area (Å²) in [6.07, 6.45) is 0. The number of amides is 4. The van der Waals surface area contributed by atoms with Crippen LogP contribution in [0.4, 0.5) is 9.93 Å². The van der Waals surface area contributed by atoms with Crippen molar-refractivity contribution in [1.29, 1.82) is 0 Å². The van der Waals surface area contributed by atoms with E-state index in [0.717, 1.165) is 31.8 Å². The second-order valence-corrected chi connectivity index (χ2v) is 10.2. The van der Waals surface area contributed by atoms with Gasteiger partial charge in [0.05, 0.1) is 16.8 Å². The van der Waals surface area contributed by atoms with Crippen molar-refractivity contribution in [3.05, 3.63) is 95.1 Å². The number of benzene rings is 3. The highest BCUT2D eigenvalue weighted by atomic mass is 32.1. The Bertz CT molecular complexity index is 1470. The van der Waals surface area contributed by atoms with E-state index in [-0.39, 0.29) is 19.0 Å². The molecule has 3 aromatic carbocycles. The third-order valence-electron chi connectivity index (χ3n) is 6.44. The van der Waals surface area contributed by atoms with Gasteiger partial charge in [0.15, 0.2) is 5.13 Å². The van der Waals surface area contributed by atoms with Crippen molar-refractivity contribution in [2.24, 2.45) is 0 Å². The maximum atomic E-state index is 13.7. The third-order valence-corrected chi connectivity index (χ3v) is 7.67. The van der Waals surface area contributed by atoms with Gasteiger partial charge in [0.2, 0.25) is 5.91 Å². The number of hydrogen-bond acceptors (Lipinski definition) is 5. The second-order valence-electron chi connectivity index (χ2n) is 9.20. The van der Waals surface area contributed by atoms with Crippen LogP contribution in [0.25, 0.3) is 10.2 Å². The van der Waals surface area contributed by atoms with Crippen LogP contribution in [-0.4, -0.2) is 34.3 Å². The topological polar surface area (TPSA) is 82.6 Å². The molecule has 7 nitrogen and oxygen atoms in total. The van der Waals surface area contributed by atoms with Crippen LogP contribution in [0.1, 0.15) is 29.2 Å². The molecule has 1 aromatic heterocycles. The molecule has 0 spiro atoms. The molecule has 182 valence electrons. The molecule has 4 amide bonds. The van der Waals surface area contributed by atoms with Gasteiger partial charge in [-0.25, -0.2) is 9.78 Å². The highest BCUT2D eigenvalue weighted by Gasteiger charge is 2.49. The number of rotatable bonds is 6. The van der Waals surface area contributed by atoms with Crippen LogP contribution in [0.15, 0.2) is 72.8 Å². The maximum Gasteiger partial charge on any atom is 0.325 e. The Balaban J connectivity index is 1.47. The van der Waals surface area contributed by atoms with Crippen LogP contribution in [0.2, 0.25) is 0 Å². The van der Waals surface area contributed by atoms with Crippen molar-refractivity contribution in [1.82, 2.24) is 15.2 Å². The lowest BCUT2D eigenvalue weighted by molar-refractivity contribution is -0.134. The number of carbonyl (C=O) groups excluding carboxylic acids is 3. The van der Waals surface area contributed by atoms with Gasteiger partial charge >= 0.3 is 6.03 Å². The minimum Gasteiger partial charge on any atom is -0.319 e. The minimum absolute atomic E-state index is 0.275. The fourth-order valence-electron chi connectivity index (χ4n) is 4.54. The number of nitrogens with zero attached hydrogens (tertiary/aromatic N) is 3. The number of nitrogens with one attached hydrogen (secondary N) is 1. The van der Waals surface area contributed by atoms with Gasteiger partial charge in [-0.3, -0.25) is 19.4 Å². The zero-order valence-electron chi connectivity index (χ0n) is 20.3. The molecule has 8 heteroatoms. The van der Waals surface area contributed by atoms with Crippen molar-refractivity contribution in [2.45, 2.75) is 32.9 Å². The van der Waals surface area contributed by atoms with E-state index in [4.69, 9.17) is 4.98 Å². The van der Waals surface area contributed by atoms with E-state index in [1.807, 2.05) is 68.4 Å². The van der Waals surface area contributed by atoms with Crippen LogP contribution >= 0.6 is 11.3 Å². The first-order chi connectivity index (χ1) is 17.3. The number of aryl methyl sites for hydroxylation is 2. The Morgan fingerprint density at radius 2 is 1.69 bits per heavy atom. The molecule has 4 aromatic rings. The van der Waals surface area contributed by atoms with E-state index in [1.165, 1.54) is 11.3 Å². The summed E-state index contributed by atoms with van der Waals surface area (Å²) in [4.78, 5) is 47.2. The van der Waals surface area contributed by atoms with Gasteiger partial charge in [-0.2, -0.15) is 0 Å². The first kappa shape index (κ1) is 23.7. The van der Waals surface area contributed by atoms with Crippen molar-refractivity contribution < 1.29 is 14.4 Å². The number of urea groups is 1. The van der Waals surface area contributed by atoms with E-state index in [9.17, 15) is 14.4 Å². The summed E-state index contributed by atoms with van der Waals surface area (Å²) in [6.45, 7) is 5.59. The summed E-state index contributed by atoms with van der Waals surface area (Å²) < 4.78 is 1.01. The lowest BCUT2D eigenvalue weighted by Crippen LogP contribution is -2.44. The zero-order valence-corrected chi connectivity index (χ0v) is 21.1. The molecular weight excluding hydrogens is 472 g/mol. The highest BCUT2D eigenvalue weighted by molar-refractivity contribution is 7.22. The monoisotopic (exact) mass is 498 g/mol. The van der Waals surface area contributed by atoms with Crippen molar-refractivity contribution in [3.8, 4) is 0 Å². The van der Waals surface area contributed by atoms with E-state index in [2.05, 4.69) is 11.4 Å². The number of hydrogen-bond donors (Lipinski definition) is 1. The SMILES string of the molecule is Cc1cc(C)c2sc(N(Cc3ccccc3)C(=O)CN3C(=O)NC(C)(c4ccccc4)C3=O)nc2c1. The minimum atomic E-state index is -1.23. The van der Waals surface area contributed by atoms with Crippen LogP contribution in [0.3, 0.4) is 0 Å². The molecule has 5 rings (SSSR count). The molecule has 36 heavy (non-hydrogen) atoms. The summed E-state index contributed by atoms with van der Waals surface area (Å²) in [5.41, 5.74) is 3.37. The molecular formula is C28H26N4O3S. The lowest BCUT2D eigenvalue weighted by Gasteiger charge is -2.24. The van der Waals surface area contributed by atoms with Crippen LogP contribution in [0.5, 0.6) is 0 Å². The third kappa shape index (κ3) is 4.24. The fraction of sp³-hybridized carbons (Fsp3) is 0.214. The Morgan fingerprint density at radius 3 is 2.39 bits per heavy atom. The van der Waals surface area contributed by atoms with E-state index >= 15 is 0 Å². The number of aromatic nitrogens is 1. The van der Waals surface area contributed by atoms with Gasteiger partial charge in [0.25, 0.3) is 5.91 Å². The van der Waals surface area contributed by atoms with Gasteiger partial charge in [-0.1, -0.05) is 78.1 Å². The van der Waals surface area contributed by atoms with Gasteiger partial charge < -0.3 is 5.32 Å². The summed E-state index contributed by atoms with van der Waals surface area (Å²) >= 11 is 1.43. The summed E-state index contributed by atoms with van der Waals surface area (Å²) in [5.74, 6) is -0.837. The van der Waals surface area contributed by atoms with Crippen LogP contribution in [-0.2, 0) is 21.7 Å². The normalized spacial score (nSPS) is 17.5. The highest BCUT2D eigenvalue weighted by Crippen LogP contribution is 2.34. The number of fused-ring (bicyclic) bond motifs is 1. The number of carbonyl (C=O) groups is 3. The average Bonchev–Trinajstić information content (AvgIpc) is 3.38. The molecule has 1 atom stereocenters. The molecule has 1 aliphatic heterocycles.